The molecule has 0 unspecified atom stereocenters. The molecule has 124 valence electrons. The van der Waals surface area contributed by atoms with E-state index in [1.807, 2.05) is 11.5 Å². The number of aryl methyl sites for hydroxylation is 1. The summed E-state index contributed by atoms with van der Waals surface area (Å²) in [5, 5.41) is 5.60. The van der Waals surface area contributed by atoms with Crippen LogP contribution in [0, 0.1) is 0 Å². The monoisotopic (exact) mass is 355 g/mol. The Balaban J connectivity index is 2.05. The fourth-order valence-electron chi connectivity index (χ4n) is 2.51. The lowest BCUT2D eigenvalue weighted by Crippen LogP contribution is -2.12. The van der Waals surface area contributed by atoms with Gasteiger partial charge in [0, 0.05) is 13.0 Å². The zero-order chi connectivity index (χ0) is 16.6. The molecule has 0 radical (unpaired) electrons. The van der Waals surface area contributed by atoms with Gasteiger partial charge in [-0.25, -0.2) is 18.5 Å². The van der Waals surface area contributed by atoms with Crippen molar-refractivity contribution in [3.05, 3.63) is 18.2 Å². The van der Waals surface area contributed by atoms with E-state index in [4.69, 9.17) is 9.88 Å². The quantitative estimate of drug-likeness (QED) is 0.815. The number of nitrogens with zero attached hydrogens (tertiary/aromatic N) is 2. The number of imidazole rings is 1. The van der Waals surface area contributed by atoms with Crippen molar-refractivity contribution in [1.29, 1.82) is 0 Å². The third kappa shape index (κ3) is 3.22. The van der Waals surface area contributed by atoms with Gasteiger partial charge in [0.15, 0.2) is 5.16 Å². The van der Waals surface area contributed by atoms with Crippen LogP contribution in [0.3, 0.4) is 0 Å². The summed E-state index contributed by atoms with van der Waals surface area (Å²) in [4.78, 5) is 16.2. The zero-order valence-corrected chi connectivity index (χ0v) is 14.2. The molecule has 3 rings (SSSR count). The topological polar surface area (TPSA) is 104 Å². The fraction of sp³-hybridized carbons (Fsp3) is 0.429. The fourth-order valence-corrected chi connectivity index (χ4v) is 4.14. The van der Waals surface area contributed by atoms with E-state index in [2.05, 4.69) is 4.98 Å². The standard InChI is InChI=1S/C14H17N3O4S2/c1-2-6-17-11-4-3-9(23(15,19)20)8-10(11)16-14(17)22-12-5-7-21-13(12)18/h3-4,8,12H,2,5-7H2,1H3,(H2,15,19,20)/t12-/m1/s1. The second-order valence-corrected chi connectivity index (χ2v) is 8.04. The van der Waals surface area contributed by atoms with Gasteiger partial charge in [-0.15, -0.1) is 0 Å². The number of hydrogen-bond donors (Lipinski definition) is 1. The maximum absolute atomic E-state index is 11.7. The first-order valence-electron chi connectivity index (χ1n) is 7.26. The molecular weight excluding hydrogens is 338 g/mol. The number of ether oxygens (including phenoxy) is 1. The molecular formula is C14H17N3O4S2. The van der Waals surface area contributed by atoms with Gasteiger partial charge in [0.1, 0.15) is 5.25 Å². The Hall–Kier alpha value is -1.58. The third-order valence-electron chi connectivity index (χ3n) is 3.60. The van der Waals surface area contributed by atoms with E-state index in [0.29, 0.717) is 23.7 Å². The number of benzene rings is 1. The number of primary sulfonamides is 1. The molecule has 1 fully saturated rings. The average molecular weight is 355 g/mol. The molecule has 1 atom stereocenters. The highest BCUT2D eigenvalue weighted by atomic mass is 32.2. The van der Waals surface area contributed by atoms with Crippen LogP contribution in [-0.4, -0.2) is 35.8 Å². The SMILES string of the molecule is CCCn1c(S[C@@H]2CCOC2=O)nc2cc(S(N)(=O)=O)ccc21. The molecule has 1 aliphatic rings. The van der Waals surface area contributed by atoms with Crippen LogP contribution in [0.2, 0.25) is 0 Å². The number of fused-ring (bicyclic) bond motifs is 1. The van der Waals surface area contributed by atoms with Gasteiger partial charge in [-0.3, -0.25) is 4.79 Å². The van der Waals surface area contributed by atoms with Gasteiger partial charge in [0.2, 0.25) is 10.0 Å². The van der Waals surface area contributed by atoms with Crippen LogP contribution in [0.5, 0.6) is 0 Å². The van der Waals surface area contributed by atoms with Crippen LogP contribution in [0.15, 0.2) is 28.3 Å². The summed E-state index contributed by atoms with van der Waals surface area (Å²) in [7, 11) is -3.77. The van der Waals surface area contributed by atoms with E-state index >= 15 is 0 Å². The minimum Gasteiger partial charge on any atom is -0.465 e. The lowest BCUT2D eigenvalue weighted by molar-refractivity contribution is -0.137. The Bertz CT molecular complexity index is 860. The molecule has 1 aromatic carbocycles. The second kappa shape index (κ2) is 6.14. The molecule has 2 N–H and O–H groups in total. The number of esters is 1. The predicted molar refractivity (Wildman–Crippen MR) is 86.6 cm³/mol. The van der Waals surface area contributed by atoms with Crippen molar-refractivity contribution in [3.8, 4) is 0 Å². The number of hydrogen-bond acceptors (Lipinski definition) is 6. The maximum Gasteiger partial charge on any atom is 0.319 e. The van der Waals surface area contributed by atoms with E-state index in [0.717, 1.165) is 18.5 Å². The first kappa shape index (κ1) is 16.3. The summed E-state index contributed by atoms with van der Waals surface area (Å²) in [6.45, 7) is 3.21. The van der Waals surface area contributed by atoms with Crippen molar-refractivity contribution in [2.45, 2.75) is 41.6 Å². The minimum atomic E-state index is -3.77. The number of nitrogens with two attached hydrogens (primary N) is 1. The number of rotatable bonds is 5. The van der Waals surface area contributed by atoms with Crippen LogP contribution in [0.25, 0.3) is 11.0 Å². The molecule has 1 saturated heterocycles. The third-order valence-corrected chi connectivity index (χ3v) is 5.74. The first-order valence-corrected chi connectivity index (χ1v) is 9.69. The van der Waals surface area contributed by atoms with Gasteiger partial charge in [0.05, 0.1) is 22.5 Å². The Morgan fingerprint density at radius 1 is 1.48 bits per heavy atom. The molecule has 9 heteroatoms. The molecule has 1 aliphatic heterocycles. The van der Waals surface area contributed by atoms with Gasteiger partial charge in [0.25, 0.3) is 0 Å². The molecule has 1 aromatic heterocycles. The van der Waals surface area contributed by atoms with Gasteiger partial charge < -0.3 is 9.30 Å². The number of cyclic esters (lactones) is 1. The van der Waals surface area contributed by atoms with E-state index in [1.54, 1.807) is 6.07 Å². The van der Waals surface area contributed by atoms with E-state index in [-0.39, 0.29) is 16.1 Å². The van der Waals surface area contributed by atoms with Crippen molar-refractivity contribution in [2.75, 3.05) is 6.61 Å². The molecule has 2 aromatic rings. The van der Waals surface area contributed by atoms with Gasteiger partial charge in [-0.2, -0.15) is 0 Å². The Labute approximate surface area is 138 Å². The molecule has 0 saturated carbocycles. The molecule has 0 aliphatic carbocycles. The van der Waals surface area contributed by atoms with Gasteiger partial charge in [-0.1, -0.05) is 18.7 Å². The van der Waals surface area contributed by atoms with Crippen LogP contribution in [0.1, 0.15) is 19.8 Å². The Kier molecular flexibility index (Phi) is 4.35. The lowest BCUT2D eigenvalue weighted by atomic mass is 10.3. The molecule has 0 bridgehead atoms. The van der Waals surface area contributed by atoms with Crippen LogP contribution < -0.4 is 5.14 Å². The largest absolute Gasteiger partial charge is 0.465 e. The van der Waals surface area contributed by atoms with Gasteiger partial charge >= 0.3 is 5.97 Å². The van der Waals surface area contributed by atoms with E-state index in [9.17, 15) is 13.2 Å². The van der Waals surface area contributed by atoms with E-state index in [1.165, 1.54) is 23.9 Å². The van der Waals surface area contributed by atoms with Crippen LogP contribution in [-0.2, 0) is 26.1 Å². The van der Waals surface area contributed by atoms with Crippen LogP contribution >= 0.6 is 11.8 Å². The highest BCUT2D eigenvalue weighted by molar-refractivity contribution is 8.00. The number of aromatic nitrogens is 2. The maximum atomic E-state index is 11.7. The lowest BCUT2D eigenvalue weighted by Gasteiger charge is -2.09. The van der Waals surface area contributed by atoms with Crippen molar-refractivity contribution < 1.29 is 17.9 Å². The highest BCUT2D eigenvalue weighted by Crippen LogP contribution is 2.32. The predicted octanol–water partition coefficient (Wildman–Crippen LogP) is 1.50. The smallest absolute Gasteiger partial charge is 0.319 e. The molecule has 7 nitrogen and oxygen atoms in total. The average Bonchev–Trinajstić information content (AvgIpc) is 3.03. The minimum absolute atomic E-state index is 0.0305. The van der Waals surface area contributed by atoms with Crippen molar-refractivity contribution in [3.63, 3.8) is 0 Å². The Morgan fingerprint density at radius 2 is 2.26 bits per heavy atom. The summed E-state index contributed by atoms with van der Waals surface area (Å²) in [5.74, 6) is -0.227. The summed E-state index contributed by atoms with van der Waals surface area (Å²) >= 11 is 1.36. The molecule has 23 heavy (non-hydrogen) atoms. The first-order chi connectivity index (χ1) is 10.9. The van der Waals surface area contributed by atoms with Gasteiger partial charge in [-0.05, 0) is 24.6 Å². The molecule has 0 amide bonds. The number of sulfonamides is 1. The summed E-state index contributed by atoms with van der Waals surface area (Å²) in [6, 6.07) is 4.65. The Morgan fingerprint density at radius 3 is 2.87 bits per heavy atom. The molecule has 2 heterocycles. The van der Waals surface area contributed by atoms with Crippen LogP contribution in [0.4, 0.5) is 0 Å². The molecule has 0 spiro atoms. The number of carbonyl (C=O) groups excluding carboxylic acids is 1. The second-order valence-electron chi connectivity index (χ2n) is 5.30. The van der Waals surface area contributed by atoms with Crippen molar-refractivity contribution in [1.82, 2.24) is 9.55 Å². The summed E-state index contributed by atoms with van der Waals surface area (Å²) < 4.78 is 30.0. The van der Waals surface area contributed by atoms with E-state index < -0.39 is 10.0 Å². The van der Waals surface area contributed by atoms with Crippen molar-refractivity contribution >= 4 is 38.8 Å². The number of carbonyl (C=O) groups is 1. The highest BCUT2D eigenvalue weighted by Gasteiger charge is 2.29. The summed E-state index contributed by atoms with van der Waals surface area (Å²) in [6.07, 6.45) is 1.55. The summed E-state index contributed by atoms with van der Waals surface area (Å²) in [5.41, 5.74) is 1.38. The van der Waals surface area contributed by atoms with Crippen molar-refractivity contribution in [2.24, 2.45) is 5.14 Å². The zero-order valence-electron chi connectivity index (χ0n) is 12.6. The number of thioether (sulfide) groups is 1. The normalized spacial score (nSPS) is 18.5.